The summed E-state index contributed by atoms with van der Waals surface area (Å²) in [6, 6.07) is 9.20. The molecule has 0 saturated carbocycles. The smallest absolute Gasteiger partial charge is 0.277 e. The lowest BCUT2D eigenvalue weighted by atomic mass is 10.3. The molecule has 0 atom stereocenters. The van der Waals surface area contributed by atoms with Crippen LogP contribution in [0.25, 0.3) is 0 Å². The molecule has 0 aliphatic rings. The van der Waals surface area contributed by atoms with Crippen molar-refractivity contribution < 1.29 is 19.1 Å². The van der Waals surface area contributed by atoms with E-state index in [0.29, 0.717) is 11.6 Å². The van der Waals surface area contributed by atoms with E-state index in [1.54, 1.807) is 0 Å². The van der Waals surface area contributed by atoms with Crippen LogP contribution in [-0.4, -0.2) is 21.9 Å². The van der Waals surface area contributed by atoms with Gasteiger partial charge in [0.05, 0.1) is 5.97 Å². The van der Waals surface area contributed by atoms with Crippen molar-refractivity contribution in [2.75, 3.05) is 5.75 Å². The number of thioether (sulfide) groups is 1. The molecule has 2 rings (SSSR count). The van der Waals surface area contributed by atoms with Gasteiger partial charge in [-0.1, -0.05) is 30.0 Å². The third-order valence-corrected chi connectivity index (χ3v) is 2.66. The molecule has 18 heavy (non-hydrogen) atoms. The highest BCUT2D eigenvalue weighted by Gasteiger charge is 2.07. The second-order valence-corrected chi connectivity index (χ2v) is 4.15. The van der Waals surface area contributed by atoms with Crippen molar-refractivity contribution in [2.24, 2.45) is 0 Å². The molecule has 0 spiro atoms. The molecule has 0 radical (unpaired) electrons. The fraction of sp³-hybridized carbons (Fsp3) is 0.182. The molecule has 0 bridgehead atoms. The van der Waals surface area contributed by atoms with Gasteiger partial charge in [-0.2, -0.15) is 0 Å². The van der Waals surface area contributed by atoms with Crippen LogP contribution in [0.1, 0.15) is 5.89 Å². The monoisotopic (exact) mass is 265 g/mol. The molecule has 1 aromatic heterocycles. The minimum Gasteiger partial charge on any atom is -0.549 e. The number of aromatic nitrogens is 2. The van der Waals surface area contributed by atoms with Gasteiger partial charge in [-0.05, 0) is 12.1 Å². The molecule has 0 aliphatic carbocycles. The molecule has 0 aliphatic heterocycles. The van der Waals surface area contributed by atoms with Gasteiger partial charge >= 0.3 is 0 Å². The SMILES string of the molecule is O=C([O-])CSc1nnc(COc2ccccc2)o1. The van der Waals surface area contributed by atoms with E-state index in [9.17, 15) is 9.90 Å². The summed E-state index contributed by atoms with van der Waals surface area (Å²) in [6.07, 6.45) is 0. The van der Waals surface area contributed by atoms with Crippen molar-refractivity contribution in [2.45, 2.75) is 11.8 Å². The van der Waals surface area contributed by atoms with Crippen molar-refractivity contribution in [1.82, 2.24) is 10.2 Å². The Morgan fingerprint density at radius 1 is 1.33 bits per heavy atom. The van der Waals surface area contributed by atoms with Gasteiger partial charge in [0.25, 0.3) is 11.1 Å². The third kappa shape index (κ3) is 3.77. The highest BCUT2D eigenvalue weighted by Crippen LogP contribution is 2.16. The number of aliphatic carboxylic acids is 1. The highest BCUT2D eigenvalue weighted by molar-refractivity contribution is 7.99. The Bertz CT molecular complexity index is 515. The van der Waals surface area contributed by atoms with Crippen molar-refractivity contribution in [3.8, 4) is 5.75 Å². The van der Waals surface area contributed by atoms with Gasteiger partial charge < -0.3 is 19.1 Å². The highest BCUT2D eigenvalue weighted by atomic mass is 32.2. The summed E-state index contributed by atoms with van der Waals surface area (Å²) < 4.78 is 10.6. The second kappa shape index (κ2) is 6.06. The Morgan fingerprint density at radius 2 is 2.11 bits per heavy atom. The van der Waals surface area contributed by atoms with Crippen LogP contribution in [0.4, 0.5) is 0 Å². The first-order chi connectivity index (χ1) is 8.74. The standard InChI is InChI=1S/C11H10N2O4S/c14-10(15)7-18-11-13-12-9(17-11)6-16-8-4-2-1-3-5-8/h1-5H,6-7H2,(H,14,15)/p-1. The molecular formula is C11H9N2O4S-. The molecule has 6 nitrogen and oxygen atoms in total. The summed E-state index contributed by atoms with van der Waals surface area (Å²) >= 11 is 0.913. The zero-order valence-corrected chi connectivity index (χ0v) is 10.1. The Labute approximate surface area is 107 Å². The molecular weight excluding hydrogens is 256 g/mol. The van der Waals surface area contributed by atoms with Crippen molar-refractivity contribution in [3.63, 3.8) is 0 Å². The van der Waals surface area contributed by atoms with E-state index in [-0.39, 0.29) is 17.6 Å². The summed E-state index contributed by atoms with van der Waals surface area (Å²) in [7, 11) is 0. The van der Waals surface area contributed by atoms with Crippen LogP contribution in [0.5, 0.6) is 5.75 Å². The second-order valence-electron chi connectivity index (χ2n) is 3.22. The number of ether oxygens (including phenoxy) is 1. The first-order valence-electron chi connectivity index (χ1n) is 5.07. The lowest BCUT2D eigenvalue weighted by Gasteiger charge is -2.01. The number of rotatable bonds is 6. The first-order valence-corrected chi connectivity index (χ1v) is 6.05. The summed E-state index contributed by atoms with van der Waals surface area (Å²) in [6.45, 7) is 0.142. The number of nitrogens with zero attached hydrogens (tertiary/aromatic N) is 2. The van der Waals surface area contributed by atoms with Crippen LogP contribution in [0.15, 0.2) is 40.0 Å². The van der Waals surface area contributed by atoms with E-state index >= 15 is 0 Å². The average Bonchev–Trinajstić information content (AvgIpc) is 2.83. The molecule has 1 heterocycles. The van der Waals surface area contributed by atoms with Crippen molar-refractivity contribution in [3.05, 3.63) is 36.2 Å². The Morgan fingerprint density at radius 3 is 2.83 bits per heavy atom. The van der Waals surface area contributed by atoms with Crippen molar-refractivity contribution >= 4 is 17.7 Å². The van der Waals surface area contributed by atoms with Crippen LogP contribution >= 0.6 is 11.8 Å². The lowest BCUT2D eigenvalue weighted by molar-refractivity contribution is -0.301. The zero-order valence-electron chi connectivity index (χ0n) is 9.24. The maximum Gasteiger partial charge on any atom is 0.277 e. The molecule has 94 valence electrons. The Kier molecular flexibility index (Phi) is 4.19. The first kappa shape index (κ1) is 12.4. The largest absolute Gasteiger partial charge is 0.549 e. The number of carbonyl (C=O) groups is 1. The number of para-hydroxylation sites is 1. The molecule has 1 aromatic carbocycles. The number of hydrogen-bond acceptors (Lipinski definition) is 7. The van der Waals surface area contributed by atoms with Gasteiger partial charge in [-0.25, -0.2) is 0 Å². The Balaban J connectivity index is 1.85. The summed E-state index contributed by atoms with van der Waals surface area (Å²) in [5.74, 6) is -0.416. The fourth-order valence-electron chi connectivity index (χ4n) is 1.14. The molecule has 7 heteroatoms. The third-order valence-electron chi connectivity index (χ3n) is 1.87. The van der Waals surface area contributed by atoms with Gasteiger partial charge in [0.15, 0.2) is 6.61 Å². The van der Waals surface area contributed by atoms with Crippen LogP contribution in [0.2, 0.25) is 0 Å². The average molecular weight is 265 g/mol. The van der Waals surface area contributed by atoms with E-state index in [2.05, 4.69) is 10.2 Å². The quantitative estimate of drug-likeness (QED) is 0.702. The van der Waals surface area contributed by atoms with Gasteiger partial charge in [0.2, 0.25) is 0 Å². The summed E-state index contributed by atoms with van der Waals surface area (Å²) in [5.41, 5.74) is 0. The zero-order chi connectivity index (χ0) is 12.8. The van der Waals surface area contributed by atoms with Crippen LogP contribution < -0.4 is 9.84 Å². The van der Waals surface area contributed by atoms with Gasteiger partial charge in [0, 0.05) is 5.75 Å². The molecule has 0 unspecified atom stereocenters. The number of carboxylic acids is 1. The topological polar surface area (TPSA) is 88.3 Å². The minimum absolute atomic E-state index is 0.142. The van der Waals surface area contributed by atoms with Gasteiger partial charge in [0.1, 0.15) is 5.75 Å². The predicted molar refractivity (Wildman–Crippen MR) is 60.8 cm³/mol. The fourth-order valence-corrected chi connectivity index (χ4v) is 1.63. The van der Waals surface area contributed by atoms with Crippen LogP contribution in [0, 0.1) is 0 Å². The van der Waals surface area contributed by atoms with Gasteiger partial charge in [-0.15, -0.1) is 10.2 Å². The molecule has 2 aromatic rings. The number of carboxylic acid groups (broad SMARTS) is 1. The lowest BCUT2D eigenvalue weighted by Crippen LogP contribution is -2.24. The Hall–Kier alpha value is -2.02. The maximum absolute atomic E-state index is 10.2. The molecule has 0 amide bonds. The summed E-state index contributed by atoms with van der Waals surface area (Å²) in [5, 5.41) is 17.8. The van der Waals surface area contributed by atoms with E-state index in [0.717, 1.165) is 11.8 Å². The summed E-state index contributed by atoms with van der Waals surface area (Å²) in [4.78, 5) is 10.2. The minimum atomic E-state index is -1.18. The van der Waals surface area contributed by atoms with Gasteiger partial charge in [-0.3, -0.25) is 0 Å². The molecule has 0 N–H and O–H groups in total. The van der Waals surface area contributed by atoms with Crippen LogP contribution in [0.3, 0.4) is 0 Å². The van der Waals surface area contributed by atoms with E-state index in [4.69, 9.17) is 9.15 Å². The predicted octanol–water partition coefficient (Wildman–Crippen LogP) is 0.491. The molecule has 0 saturated heterocycles. The maximum atomic E-state index is 10.2. The van der Waals surface area contributed by atoms with Crippen molar-refractivity contribution in [1.29, 1.82) is 0 Å². The number of benzene rings is 1. The molecule has 0 fully saturated rings. The normalized spacial score (nSPS) is 10.2. The van der Waals surface area contributed by atoms with E-state index in [1.807, 2.05) is 30.3 Å². The number of hydrogen-bond donors (Lipinski definition) is 0. The van der Waals surface area contributed by atoms with E-state index in [1.165, 1.54) is 0 Å². The number of carbonyl (C=O) groups excluding carboxylic acids is 1. The van der Waals surface area contributed by atoms with E-state index < -0.39 is 5.97 Å². The van der Waals surface area contributed by atoms with Crippen LogP contribution in [-0.2, 0) is 11.4 Å².